The molecule has 1 amide bonds. The van der Waals surface area contributed by atoms with Gasteiger partial charge in [-0.05, 0) is 42.7 Å². The van der Waals surface area contributed by atoms with E-state index >= 15 is 0 Å². The Kier molecular flexibility index (Phi) is 5.82. The van der Waals surface area contributed by atoms with Gasteiger partial charge in [0.2, 0.25) is 5.95 Å². The predicted molar refractivity (Wildman–Crippen MR) is 155 cm³/mol. The molecule has 11 heteroatoms. The number of amides is 1. The zero-order valence-corrected chi connectivity index (χ0v) is 22.9. The number of pyridine rings is 1. The van der Waals surface area contributed by atoms with Crippen LogP contribution >= 0.6 is 0 Å². The van der Waals surface area contributed by atoms with Crippen LogP contribution in [0.1, 0.15) is 27.2 Å². The number of hydrogen-bond donors (Lipinski definition) is 2. The van der Waals surface area contributed by atoms with Crippen molar-refractivity contribution in [2.24, 2.45) is 7.05 Å². The molecule has 0 spiro atoms. The molecule has 0 bridgehead atoms. The van der Waals surface area contributed by atoms with Gasteiger partial charge in [-0.1, -0.05) is 24.3 Å². The van der Waals surface area contributed by atoms with Gasteiger partial charge in [-0.3, -0.25) is 14.5 Å². The number of hydrogen-bond acceptors (Lipinski definition) is 6. The van der Waals surface area contributed by atoms with Gasteiger partial charge < -0.3 is 15.2 Å². The highest BCUT2D eigenvalue weighted by atomic mass is 19.1. The maximum Gasteiger partial charge on any atom is 0.259 e. The zero-order valence-electron chi connectivity index (χ0n) is 22.9. The monoisotopic (exact) mass is 562 g/mol. The van der Waals surface area contributed by atoms with Crippen molar-refractivity contribution in [1.82, 2.24) is 29.7 Å². The van der Waals surface area contributed by atoms with Gasteiger partial charge in [-0.2, -0.15) is 5.10 Å². The quantitative estimate of drug-likeness (QED) is 0.259. The number of aromatic nitrogens is 6. The predicted octanol–water partition coefficient (Wildman–Crippen LogP) is 6.22. The Morgan fingerprint density at radius 3 is 2.50 bits per heavy atom. The molecule has 0 unspecified atom stereocenters. The van der Waals surface area contributed by atoms with E-state index in [9.17, 15) is 13.6 Å². The van der Waals surface area contributed by atoms with E-state index in [0.29, 0.717) is 34.1 Å². The van der Waals surface area contributed by atoms with Crippen molar-refractivity contribution >= 4 is 34.3 Å². The number of nitrogens with one attached hydrogen (secondary N) is 2. The van der Waals surface area contributed by atoms with Crippen molar-refractivity contribution in [1.29, 1.82) is 0 Å². The van der Waals surface area contributed by atoms with Gasteiger partial charge in [0.05, 0.1) is 41.4 Å². The Morgan fingerprint density at radius 1 is 0.976 bits per heavy atom. The van der Waals surface area contributed by atoms with E-state index in [1.54, 1.807) is 34.0 Å². The molecule has 0 saturated carbocycles. The van der Waals surface area contributed by atoms with Crippen LogP contribution in [0.4, 0.5) is 26.2 Å². The Labute approximate surface area is 238 Å². The Morgan fingerprint density at radius 2 is 1.74 bits per heavy atom. The van der Waals surface area contributed by atoms with Crippen molar-refractivity contribution in [3.63, 3.8) is 0 Å². The Balaban J connectivity index is 1.27. The van der Waals surface area contributed by atoms with Gasteiger partial charge in [0.1, 0.15) is 0 Å². The second kappa shape index (κ2) is 9.58. The van der Waals surface area contributed by atoms with Crippen molar-refractivity contribution in [2.45, 2.75) is 20.4 Å². The fourth-order valence-corrected chi connectivity index (χ4v) is 5.50. The summed E-state index contributed by atoms with van der Waals surface area (Å²) in [4.78, 5) is 31.4. The summed E-state index contributed by atoms with van der Waals surface area (Å²) in [6.45, 7) is 4.05. The summed E-state index contributed by atoms with van der Waals surface area (Å²) in [7, 11) is 1.87. The van der Waals surface area contributed by atoms with Crippen LogP contribution in [0.15, 0.2) is 67.3 Å². The molecule has 6 aromatic rings. The molecule has 208 valence electrons. The maximum atomic E-state index is 14.7. The number of halogens is 2. The summed E-state index contributed by atoms with van der Waals surface area (Å²) < 4.78 is 31.1. The van der Waals surface area contributed by atoms with Crippen LogP contribution in [-0.4, -0.2) is 35.6 Å². The van der Waals surface area contributed by atoms with Crippen molar-refractivity contribution in [3.8, 4) is 22.4 Å². The summed E-state index contributed by atoms with van der Waals surface area (Å²) in [5.41, 5.74) is 5.93. The van der Waals surface area contributed by atoms with E-state index in [2.05, 4.69) is 25.4 Å². The highest BCUT2D eigenvalue weighted by molar-refractivity contribution is 6.15. The largest absolute Gasteiger partial charge is 0.359 e. The first-order chi connectivity index (χ1) is 20.3. The van der Waals surface area contributed by atoms with Gasteiger partial charge in [-0.15, -0.1) is 0 Å². The van der Waals surface area contributed by atoms with E-state index < -0.39 is 11.6 Å². The molecule has 5 heterocycles. The number of nitrogens with zero attached hydrogens (tertiary/aromatic N) is 6. The van der Waals surface area contributed by atoms with E-state index in [-0.39, 0.29) is 18.0 Å². The minimum Gasteiger partial charge on any atom is -0.359 e. The number of carbonyl (C=O) groups is 1. The fraction of sp³-hybridized carbons (Fsp3) is 0.129. The molecule has 0 atom stereocenters. The first-order valence-corrected chi connectivity index (χ1v) is 13.2. The number of aryl methyl sites for hydroxylation is 3. The van der Waals surface area contributed by atoms with Crippen LogP contribution in [-0.2, 0) is 13.6 Å². The topological polar surface area (TPSA) is 105 Å². The molecule has 1 aliphatic heterocycles. The lowest BCUT2D eigenvalue weighted by atomic mass is 9.97. The minimum atomic E-state index is -0.780. The van der Waals surface area contributed by atoms with Crippen LogP contribution in [0.5, 0.6) is 0 Å². The summed E-state index contributed by atoms with van der Waals surface area (Å²) in [5.74, 6) is -0.757. The third-order valence-corrected chi connectivity index (χ3v) is 7.66. The highest BCUT2D eigenvalue weighted by Crippen LogP contribution is 2.40. The van der Waals surface area contributed by atoms with E-state index in [1.165, 1.54) is 0 Å². The lowest BCUT2D eigenvalue weighted by Crippen LogP contribution is -2.23. The summed E-state index contributed by atoms with van der Waals surface area (Å²) in [6.07, 6.45) is 5.56. The van der Waals surface area contributed by atoms with E-state index in [4.69, 9.17) is 4.98 Å². The normalized spacial score (nSPS) is 12.8. The molecular formula is C31H24F2N8O. The average Bonchev–Trinajstić information content (AvgIpc) is 3.65. The Bertz CT molecular complexity index is 2010. The first-order valence-electron chi connectivity index (χ1n) is 13.2. The Hall–Kier alpha value is -5.45. The van der Waals surface area contributed by atoms with Gasteiger partial charge in [0, 0.05) is 47.7 Å². The van der Waals surface area contributed by atoms with Crippen LogP contribution < -0.4 is 10.2 Å². The highest BCUT2D eigenvalue weighted by Gasteiger charge is 2.33. The number of anilines is 3. The summed E-state index contributed by atoms with van der Waals surface area (Å²) >= 11 is 0. The van der Waals surface area contributed by atoms with E-state index in [0.717, 1.165) is 45.8 Å². The molecule has 2 aromatic carbocycles. The van der Waals surface area contributed by atoms with Crippen LogP contribution in [0, 0.1) is 25.5 Å². The molecule has 0 fully saturated rings. The smallest absolute Gasteiger partial charge is 0.259 e. The van der Waals surface area contributed by atoms with Gasteiger partial charge in [-0.25, -0.2) is 18.7 Å². The summed E-state index contributed by atoms with van der Waals surface area (Å²) in [5, 5.41) is 8.45. The molecular weight excluding hydrogens is 538 g/mol. The minimum absolute atomic E-state index is 0.156. The molecule has 0 aliphatic carbocycles. The first kappa shape index (κ1) is 25.5. The molecule has 1 aliphatic rings. The van der Waals surface area contributed by atoms with Gasteiger partial charge >= 0.3 is 0 Å². The van der Waals surface area contributed by atoms with Crippen molar-refractivity contribution in [3.05, 3.63) is 101 Å². The lowest BCUT2D eigenvalue weighted by Gasteiger charge is -2.17. The molecule has 0 saturated heterocycles. The number of para-hydroxylation sites is 1. The molecule has 7 rings (SSSR count). The zero-order chi connectivity index (χ0) is 29.1. The molecule has 4 aromatic heterocycles. The second-order valence-electron chi connectivity index (χ2n) is 10.2. The third kappa shape index (κ3) is 4.00. The number of H-pyrrole nitrogens is 1. The van der Waals surface area contributed by atoms with E-state index in [1.807, 2.05) is 51.4 Å². The van der Waals surface area contributed by atoms with Crippen LogP contribution in [0.25, 0.3) is 33.3 Å². The number of fused-ring (bicyclic) bond motifs is 2. The number of rotatable bonds is 5. The number of carbonyl (C=O) groups excluding carboxylic acids is 1. The van der Waals surface area contributed by atoms with Crippen molar-refractivity contribution in [2.75, 3.05) is 10.2 Å². The molecule has 2 N–H and O–H groups in total. The standard InChI is InChI=1S/C31H24F2N8O/c1-16-11-36-31(37-26-10-17(2)40(3)39-26)38-28(16)21-12-35-29-19(21)7-5-9-25(29)41-15-22-18(6-4-8-20(22)30(41)42)27-23(32)13-34-14-24(27)33/h4-14,35H,15H2,1-3H3,(H,36,37,38,39). The van der Waals surface area contributed by atoms with Gasteiger partial charge in [0.15, 0.2) is 17.5 Å². The maximum absolute atomic E-state index is 14.7. The average molecular weight is 563 g/mol. The van der Waals surface area contributed by atoms with Crippen molar-refractivity contribution < 1.29 is 13.6 Å². The molecule has 42 heavy (non-hydrogen) atoms. The number of aromatic amines is 1. The molecule has 0 radical (unpaired) electrons. The summed E-state index contributed by atoms with van der Waals surface area (Å²) in [6, 6.07) is 12.5. The fourth-order valence-electron chi connectivity index (χ4n) is 5.50. The van der Waals surface area contributed by atoms with Gasteiger partial charge in [0.25, 0.3) is 5.91 Å². The lowest BCUT2D eigenvalue weighted by molar-refractivity contribution is 0.0997. The van der Waals surface area contributed by atoms with Crippen LogP contribution in [0.3, 0.4) is 0 Å². The molecule has 9 nitrogen and oxygen atoms in total. The third-order valence-electron chi connectivity index (χ3n) is 7.66. The SMILES string of the molecule is Cc1cnc(Nc2cc(C)n(C)n2)nc1-c1c[nH]c2c(N3Cc4c(cccc4-c4c(F)cncc4F)C3=O)cccc12. The second-order valence-corrected chi connectivity index (χ2v) is 10.2. The number of benzene rings is 2. The van der Waals surface area contributed by atoms with Crippen LogP contribution in [0.2, 0.25) is 0 Å².